The van der Waals surface area contributed by atoms with Gasteiger partial charge in [-0.1, -0.05) is 0 Å². The van der Waals surface area contributed by atoms with Gasteiger partial charge < -0.3 is 4.42 Å². The lowest BCUT2D eigenvalue weighted by Gasteiger charge is -2.07. The van der Waals surface area contributed by atoms with E-state index in [2.05, 4.69) is 10.1 Å². The predicted molar refractivity (Wildman–Crippen MR) is 61.9 cm³/mol. The second-order valence-electron chi connectivity index (χ2n) is 4.26. The number of furan rings is 1. The molecule has 0 bridgehead atoms. The summed E-state index contributed by atoms with van der Waals surface area (Å²) in [4.78, 5) is 16.1. The number of aromatic nitrogens is 3. The van der Waals surface area contributed by atoms with Crippen LogP contribution in [0.25, 0.3) is 0 Å². The molecule has 2 rings (SSSR count). The Hall–Kier alpha value is -1.91. The van der Waals surface area contributed by atoms with Gasteiger partial charge in [0.05, 0.1) is 12.0 Å². The molecule has 0 saturated carbocycles. The van der Waals surface area contributed by atoms with Crippen molar-refractivity contribution in [2.45, 2.75) is 33.2 Å². The van der Waals surface area contributed by atoms with Crippen LogP contribution in [-0.2, 0) is 6.42 Å². The van der Waals surface area contributed by atoms with E-state index < -0.39 is 0 Å². The molecule has 0 fully saturated rings. The van der Waals surface area contributed by atoms with Gasteiger partial charge in [0.2, 0.25) is 0 Å². The van der Waals surface area contributed by atoms with Gasteiger partial charge in [0.25, 0.3) is 0 Å². The molecule has 0 unspecified atom stereocenters. The third kappa shape index (κ3) is 2.43. The van der Waals surface area contributed by atoms with E-state index in [0.717, 1.165) is 5.76 Å². The Morgan fingerprint density at radius 2 is 2.29 bits per heavy atom. The molecule has 2 aromatic rings. The molecule has 0 aliphatic rings. The Bertz CT molecular complexity index is 525. The van der Waals surface area contributed by atoms with Crippen molar-refractivity contribution in [2.75, 3.05) is 0 Å². The summed E-state index contributed by atoms with van der Waals surface area (Å²) < 4.78 is 6.87. The van der Waals surface area contributed by atoms with E-state index in [1.165, 1.54) is 12.6 Å². The van der Waals surface area contributed by atoms with Crippen molar-refractivity contribution >= 4 is 5.78 Å². The first-order valence-corrected chi connectivity index (χ1v) is 5.54. The molecular weight excluding hydrogens is 218 g/mol. The Labute approximate surface area is 99.5 Å². The highest BCUT2D eigenvalue weighted by Gasteiger charge is 2.15. The number of hydrogen-bond donors (Lipinski definition) is 0. The summed E-state index contributed by atoms with van der Waals surface area (Å²) >= 11 is 0. The van der Waals surface area contributed by atoms with Crippen molar-refractivity contribution in [1.82, 2.24) is 14.8 Å². The zero-order chi connectivity index (χ0) is 12.4. The highest BCUT2D eigenvalue weighted by atomic mass is 16.3. The molecule has 0 aliphatic carbocycles. The number of aryl methyl sites for hydroxylation is 1. The van der Waals surface area contributed by atoms with Gasteiger partial charge in [0.1, 0.15) is 24.2 Å². The van der Waals surface area contributed by atoms with Crippen LogP contribution >= 0.6 is 0 Å². The number of carbonyl (C=O) groups is 1. The SMILES string of the molecule is Cc1cc(C(=O)Cc2ncnn2C(C)C)co1. The lowest BCUT2D eigenvalue weighted by molar-refractivity contribution is 0.0988. The van der Waals surface area contributed by atoms with Crippen molar-refractivity contribution < 1.29 is 9.21 Å². The maximum Gasteiger partial charge on any atom is 0.173 e. The van der Waals surface area contributed by atoms with Gasteiger partial charge in [-0.2, -0.15) is 5.10 Å². The van der Waals surface area contributed by atoms with Crippen LogP contribution < -0.4 is 0 Å². The van der Waals surface area contributed by atoms with E-state index in [-0.39, 0.29) is 18.2 Å². The van der Waals surface area contributed by atoms with E-state index in [4.69, 9.17) is 4.42 Å². The van der Waals surface area contributed by atoms with Crippen LogP contribution in [0.15, 0.2) is 23.1 Å². The molecule has 90 valence electrons. The van der Waals surface area contributed by atoms with Gasteiger partial charge in [-0.25, -0.2) is 9.67 Å². The minimum Gasteiger partial charge on any atom is -0.469 e. The first-order chi connectivity index (χ1) is 8.08. The fourth-order valence-corrected chi connectivity index (χ4v) is 1.67. The highest BCUT2D eigenvalue weighted by molar-refractivity contribution is 5.96. The molecule has 0 radical (unpaired) electrons. The van der Waals surface area contributed by atoms with E-state index in [0.29, 0.717) is 11.4 Å². The van der Waals surface area contributed by atoms with E-state index in [1.807, 2.05) is 20.8 Å². The standard InChI is InChI=1S/C12H15N3O2/c1-8(2)15-12(13-7-14-15)5-11(16)10-4-9(3)17-6-10/h4,6-8H,5H2,1-3H3. The molecule has 5 nitrogen and oxygen atoms in total. The van der Waals surface area contributed by atoms with Crippen LogP contribution in [0.5, 0.6) is 0 Å². The minimum absolute atomic E-state index is 0.00301. The summed E-state index contributed by atoms with van der Waals surface area (Å²) in [6.45, 7) is 5.82. The van der Waals surface area contributed by atoms with E-state index in [9.17, 15) is 4.79 Å². The third-order valence-electron chi connectivity index (χ3n) is 2.51. The number of Topliss-reactive ketones (excluding diaryl/α,β-unsaturated/α-hetero) is 1. The zero-order valence-electron chi connectivity index (χ0n) is 10.2. The predicted octanol–water partition coefficient (Wildman–Crippen LogP) is 2.19. The van der Waals surface area contributed by atoms with Crippen molar-refractivity contribution in [2.24, 2.45) is 0 Å². The van der Waals surface area contributed by atoms with Crippen LogP contribution in [0.2, 0.25) is 0 Å². The van der Waals surface area contributed by atoms with Crippen molar-refractivity contribution in [3.8, 4) is 0 Å². The number of hydrogen-bond acceptors (Lipinski definition) is 4. The van der Waals surface area contributed by atoms with Gasteiger partial charge in [-0.15, -0.1) is 0 Å². The maximum absolute atomic E-state index is 12.0. The lowest BCUT2D eigenvalue weighted by Crippen LogP contribution is -2.12. The second-order valence-corrected chi connectivity index (χ2v) is 4.26. The first-order valence-electron chi connectivity index (χ1n) is 5.54. The topological polar surface area (TPSA) is 60.9 Å². The number of nitrogens with zero attached hydrogens (tertiary/aromatic N) is 3. The van der Waals surface area contributed by atoms with E-state index >= 15 is 0 Å². The summed E-state index contributed by atoms with van der Waals surface area (Å²) in [7, 11) is 0. The average molecular weight is 233 g/mol. The molecule has 0 aliphatic heterocycles. The molecule has 0 amide bonds. The van der Waals surface area contributed by atoms with Crippen LogP contribution in [0.4, 0.5) is 0 Å². The minimum atomic E-state index is -0.00301. The van der Waals surface area contributed by atoms with Gasteiger partial charge in [-0.3, -0.25) is 4.79 Å². The summed E-state index contributed by atoms with van der Waals surface area (Å²) in [5.41, 5.74) is 0.584. The molecule has 0 N–H and O–H groups in total. The van der Waals surface area contributed by atoms with Gasteiger partial charge in [0, 0.05) is 6.04 Å². The Morgan fingerprint density at radius 3 is 2.88 bits per heavy atom. The molecule has 2 heterocycles. The summed E-state index contributed by atoms with van der Waals surface area (Å²) in [5.74, 6) is 1.42. The number of rotatable bonds is 4. The molecule has 0 saturated heterocycles. The molecule has 0 atom stereocenters. The van der Waals surface area contributed by atoms with Crippen LogP contribution in [-0.4, -0.2) is 20.5 Å². The lowest BCUT2D eigenvalue weighted by atomic mass is 10.1. The van der Waals surface area contributed by atoms with Crippen LogP contribution in [0, 0.1) is 6.92 Å². The highest BCUT2D eigenvalue weighted by Crippen LogP contribution is 2.11. The largest absolute Gasteiger partial charge is 0.469 e. The fraction of sp³-hybridized carbons (Fsp3) is 0.417. The maximum atomic E-state index is 12.0. The summed E-state index contributed by atoms with van der Waals surface area (Å²) in [6, 6.07) is 1.93. The third-order valence-corrected chi connectivity index (χ3v) is 2.51. The van der Waals surface area contributed by atoms with Crippen molar-refractivity contribution in [3.05, 3.63) is 35.8 Å². The Balaban J connectivity index is 2.16. The summed E-state index contributed by atoms with van der Waals surface area (Å²) in [5, 5.41) is 4.10. The fourth-order valence-electron chi connectivity index (χ4n) is 1.67. The Kier molecular flexibility index (Phi) is 3.08. The van der Waals surface area contributed by atoms with Crippen molar-refractivity contribution in [1.29, 1.82) is 0 Å². The normalized spacial score (nSPS) is 11.1. The molecule has 0 aromatic carbocycles. The number of ketones is 1. The molecule has 0 spiro atoms. The van der Waals surface area contributed by atoms with Gasteiger partial charge >= 0.3 is 0 Å². The zero-order valence-corrected chi connectivity index (χ0v) is 10.2. The van der Waals surface area contributed by atoms with Crippen molar-refractivity contribution in [3.63, 3.8) is 0 Å². The first kappa shape index (κ1) is 11.6. The quantitative estimate of drug-likeness (QED) is 0.759. The molecule has 17 heavy (non-hydrogen) atoms. The second kappa shape index (κ2) is 4.53. The summed E-state index contributed by atoms with van der Waals surface area (Å²) in [6.07, 6.45) is 3.20. The number of carbonyl (C=O) groups excluding carboxylic acids is 1. The smallest absolute Gasteiger partial charge is 0.173 e. The molecular formula is C12H15N3O2. The average Bonchev–Trinajstić information content (AvgIpc) is 2.86. The van der Waals surface area contributed by atoms with Gasteiger partial charge in [-0.05, 0) is 26.8 Å². The van der Waals surface area contributed by atoms with E-state index in [1.54, 1.807) is 10.7 Å². The molecule has 5 heteroatoms. The molecule has 2 aromatic heterocycles. The van der Waals surface area contributed by atoms with Crippen LogP contribution in [0.1, 0.15) is 41.8 Å². The monoisotopic (exact) mass is 233 g/mol. The van der Waals surface area contributed by atoms with Crippen LogP contribution in [0.3, 0.4) is 0 Å². The van der Waals surface area contributed by atoms with Gasteiger partial charge in [0.15, 0.2) is 5.78 Å². The Morgan fingerprint density at radius 1 is 1.53 bits per heavy atom.